The molecule has 0 unspecified atom stereocenters. The summed E-state index contributed by atoms with van der Waals surface area (Å²) in [4.78, 5) is 18.2. The lowest BCUT2D eigenvalue weighted by molar-refractivity contribution is 0.953. The number of aromatic nitrogens is 4. The Labute approximate surface area is 325 Å². The van der Waals surface area contributed by atoms with Crippen molar-refractivity contribution >= 4 is 38.9 Å². The highest BCUT2D eigenvalue weighted by molar-refractivity contribution is 6.15. The fraction of sp³-hybridized carbons (Fsp3) is 0. The summed E-state index contributed by atoms with van der Waals surface area (Å²) in [6.07, 6.45) is 0. The molecule has 264 valence electrons. The second-order valence-electron chi connectivity index (χ2n) is 13.6. The number of nitrogens with zero attached hydrogens (tertiary/aromatic N) is 5. The number of fused-ring (bicyclic) bond motifs is 3. The lowest BCUT2D eigenvalue weighted by Crippen LogP contribution is -2.11. The van der Waals surface area contributed by atoms with Crippen molar-refractivity contribution in [3.8, 4) is 51.0 Å². The van der Waals surface area contributed by atoms with Crippen LogP contribution in [0.5, 0.6) is 0 Å². The topological polar surface area (TPSA) is 46.8 Å². The first-order valence-electron chi connectivity index (χ1n) is 18.8. The molecule has 56 heavy (non-hydrogen) atoms. The Morgan fingerprint density at radius 1 is 0.339 bits per heavy atom. The van der Waals surface area contributed by atoms with Crippen LogP contribution in [0.4, 0.5) is 17.1 Å². The van der Waals surface area contributed by atoms with Crippen LogP contribution >= 0.6 is 0 Å². The van der Waals surface area contributed by atoms with Crippen LogP contribution in [0.3, 0.4) is 0 Å². The maximum absolute atomic E-state index is 5.38. The van der Waals surface area contributed by atoms with Gasteiger partial charge in [-0.3, -0.25) is 4.57 Å². The summed E-state index contributed by atoms with van der Waals surface area (Å²) >= 11 is 0. The molecule has 10 aromatic rings. The van der Waals surface area contributed by atoms with Gasteiger partial charge in [0.05, 0.1) is 16.7 Å². The predicted octanol–water partition coefficient (Wildman–Crippen LogP) is 13.1. The van der Waals surface area contributed by atoms with Gasteiger partial charge < -0.3 is 4.90 Å². The molecular formula is C51H35N5. The number of hydrogen-bond donors (Lipinski definition) is 0. The van der Waals surface area contributed by atoms with Crippen LogP contribution in [0.2, 0.25) is 0 Å². The molecule has 8 aromatic carbocycles. The molecule has 0 saturated carbocycles. The van der Waals surface area contributed by atoms with Crippen LogP contribution in [-0.4, -0.2) is 19.5 Å². The Kier molecular flexibility index (Phi) is 8.43. The van der Waals surface area contributed by atoms with Crippen LogP contribution in [0.15, 0.2) is 212 Å². The minimum Gasteiger partial charge on any atom is -0.310 e. The number of anilines is 3. The van der Waals surface area contributed by atoms with Gasteiger partial charge in [-0.25, -0.2) is 4.98 Å². The van der Waals surface area contributed by atoms with Gasteiger partial charge in [-0.2, -0.15) is 9.97 Å². The van der Waals surface area contributed by atoms with Crippen molar-refractivity contribution in [2.75, 3.05) is 4.90 Å². The van der Waals surface area contributed by atoms with Gasteiger partial charge in [0.15, 0.2) is 11.6 Å². The standard InChI is InChI=1S/C51H35N5/c1-5-20-36(21-6-1)40-32-19-35-47-48(40)44-31-16-18-34-46(44)56(47)51-53-49(37-22-7-2-8-23-37)52-50(54-51)43-30-14-13-28-41(43)42-29-15-17-33-45(42)55(38-24-9-3-10-25-38)39-26-11-4-12-27-39/h1-35H. The molecule has 0 aliphatic rings. The molecule has 5 heteroatoms. The van der Waals surface area contributed by atoms with Gasteiger partial charge in [-0.15, -0.1) is 0 Å². The third-order valence-electron chi connectivity index (χ3n) is 10.3. The van der Waals surface area contributed by atoms with Gasteiger partial charge in [0.2, 0.25) is 5.95 Å². The molecule has 0 saturated heterocycles. The zero-order valence-electron chi connectivity index (χ0n) is 30.4. The minimum absolute atomic E-state index is 0.559. The maximum atomic E-state index is 5.38. The molecule has 0 N–H and O–H groups in total. The zero-order valence-corrected chi connectivity index (χ0v) is 30.4. The van der Waals surface area contributed by atoms with Crippen LogP contribution in [-0.2, 0) is 0 Å². The van der Waals surface area contributed by atoms with Gasteiger partial charge in [0.1, 0.15) is 0 Å². The molecule has 2 heterocycles. The molecule has 10 rings (SSSR count). The van der Waals surface area contributed by atoms with E-state index in [2.05, 4.69) is 204 Å². The van der Waals surface area contributed by atoms with E-state index in [0.29, 0.717) is 17.6 Å². The third-order valence-corrected chi connectivity index (χ3v) is 10.3. The van der Waals surface area contributed by atoms with E-state index in [4.69, 9.17) is 15.0 Å². The first-order chi connectivity index (χ1) is 27.8. The van der Waals surface area contributed by atoms with E-state index in [1.165, 1.54) is 5.56 Å². The molecule has 5 nitrogen and oxygen atoms in total. The molecule has 0 aliphatic carbocycles. The third kappa shape index (κ3) is 5.88. The van der Waals surface area contributed by atoms with E-state index >= 15 is 0 Å². The van der Waals surface area contributed by atoms with Gasteiger partial charge in [-0.05, 0) is 59.2 Å². The summed E-state index contributed by atoms with van der Waals surface area (Å²) < 4.78 is 2.19. The Morgan fingerprint density at radius 2 is 0.839 bits per heavy atom. The van der Waals surface area contributed by atoms with E-state index in [1.54, 1.807) is 0 Å². The zero-order chi connectivity index (χ0) is 37.3. The SMILES string of the molecule is c1ccc(-c2nc(-c3ccccc3-c3ccccc3N(c3ccccc3)c3ccccc3)nc(-n3c4ccccc4c4c(-c5ccccc5)cccc43)n2)cc1. The number of para-hydroxylation sites is 4. The molecule has 0 radical (unpaired) electrons. The van der Waals surface area contributed by atoms with Crippen molar-refractivity contribution in [3.05, 3.63) is 212 Å². The van der Waals surface area contributed by atoms with Gasteiger partial charge in [0.25, 0.3) is 0 Å². The summed E-state index contributed by atoms with van der Waals surface area (Å²) in [5.41, 5.74) is 11.5. The highest BCUT2D eigenvalue weighted by Gasteiger charge is 2.23. The Balaban J connectivity index is 1.22. The number of benzene rings is 8. The predicted molar refractivity (Wildman–Crippen MR) is 231 cm³/mol. The van der Waals surface area contributed by atoms with Crippen LogP contribution in [0.1, 0.15) is 0 Å². The molecule has 0 amide bonds. The summed E-state index contributed by atoms with van der Waals surface area (Å²) in [6, 6.07) is 73.8. The fourth-order valence-electron chi connectivity index (χ4n) is 7.79. The summed E-state index contributed by atoms with van der Waals surface area (Å²) in [5, 5.41) is 2.30. The van der Waals surface area contributed by atoms with E-state index in [0.717, 1.165) is 66.7 Å². The van der Waals surface area contributed by atoms with Crippen molar-refractivity contribution in [3.63, 3.8) is 0 Å². The quantitative estimate of drug-likeness (QED) is 0.157. The monoisotopic (exact) mass is 717 g/mol. The fourth-order valence-corrected chi connectivity index (χ4v) is 7.79. The average Bonchev–Trinajstić information content (AvgIpc) is 3.63. The molecule has 0 aliphatic heterocycles. The Hall–Kier alpha value is -7.63. The van der Waals surface area contributed by atoms with Crippen molar-refractivity contribution in [2.45, 2.75) is 0 Å². The van der Waals surface area contributed by atoms with Crippen LogP contribution in [0, 0.1) is 0 Å². The van der Waals surface area contributed by atoms with E-state index in [9.17, 15) is 0 Å². The van der Waals surface area contributed by atoms with Gasteiger partial charge >= 0.3 is 0 Å². The summed E-state index contributed by atoms with van der Waals surface area (Å²) in [7, 11) is 0. The molecule has 0 spiro atoms. The molecule has 0 fully saturated rings. The Bertz CT molecular complexity index is 2920. The molecule has 0 atom stereocenters. The first-order valence-corrected chi connectivity index (χ1v) is 18.8. The second kappa shape index (κ2) is 14.3. The largest absolute Gasteiger partial charge is 0.310 e. The van der Waals surface area contributed by atoms with Gasteiger partial charge in [-0.1, -0.05) is 170 Å². The van der Waals surface area contributed by atoms with Crippen LogP contribution in [0.25, 0.3) is 72.8 Å². The molecular weight excluding hydrogens is 683 g/mol. The van der Waals surface area contributed by atoms with E-state index in [-0.39, 0.29) is 0 Å². The molecule has 2 aromatic heterocycles. The van der Waals surface area contributed by atoms with E-state index in [1.807, 2.05) is 18.2 Å². The van der Waals surface area contributed by atoms with Crippen LogP contribution < -0.4 is 4.90 Å². The Morgan fingerprint density at radius 3 is 1.54 bits per heavy atom. The summed E-state index contributed by atoms with van der Waals surface area (Å²) in [5.74, 6) is 1.76. The van der Waals surface area contributed by atoms with E-state index < -0.39 is 0 Å². The number of rotatable bonds is 8. The average molecular weight is 718 g/mol. The van der Waals surface area contributed by atoms with Crippen molar-refractivity contribution in [1.29, 1.82) is 0 Å². The highest BCUT2D eigenvalue weighted by atomic mass is 15.2. The lowest BCUT2D eigenvalue weighted by atomic mass is 9.96. The smallest absolute Gasteiger partial charge is 0.238 e. The minimum atomic E-state index is 0.559. The van der Waals surface area contributed by atoms with Gasteiger partial charge in [0, 0.05) is 38.8 Å². The van der Waals surface area contributed by atoms with Crippen molar-refractivity contribution in [2.24, 2.45) is 0 Å². The second-order valence-corrected chi connectivity index (χ2v) is 13.6. The molecule has 0 bridgehead atoms. The number of hydrogen-bond acceptors (Lipinski definition) is 4. The van der Waals surface area contributed by atoms with Crippen molar-refractivity contribution in [1.82, 2.24) is 19.5 Å². The highest BCUT2D eigenvalue weighted by Crippen LogP contribution is 2.44. The normalized spacial score (nSPS) is 11.2. The lowest BCUT2D eigenvalue weighted by Gasteiger charge is -2.28. The van der Waals surface area contributed by atoms with Crippen molar-refractivity contribution < 1.29 is 0 Å². The summed E-state index contributed by atoms with van der Waals surface area (Å²) in [6.45, 7) is 0. The first kappa shape index (κ1) is 33.0. The maximum Gasteiger partial charge on any atom is 0.238 e.